The standard InChI is InChI=1S/C25H38FN5OS/c1-2-3-4-5-6-7-8-9-24(32)27-14-15-30-16-18-31(19-17-30)25-28-23(29-33-25)20-21-10-12-22(26)13-11-21/h10-13H,2-9,14-20H2,1H3,(H,27,32). The third kappa shape index (κ3) is 9.37. The first kappa shape index (κ1) is 25.6. The molecule has 0 spiro atoms. The number of nitrogens with one attached hydrogen (secondary N) is 1. The van der Waals surface area contributed by atoms with E-state index >= 15 is 0 Å². The lowest BCUT2D eigenvalue weighted by molar-refractivity contribution is -0.121. The molecule has 1 aromatic carbocycles. The Kier molecular flexibility index (Phi) is 11.0. The van der Waals surface area contributed by atoms with E-state index in [-0.39, 0.29) is 11.7 Å². The van der Waals surface area contributed by atoms with Crippen molar-refractivity contribution in [3.05, 3.63) is 41.5 Å². The van der Waals surface area contributed by atoms with E-state index in [4.69, 9.17) is 0 Å². The minimum Gasteiger partial charge on any atom is -0.355 e. The maximum Gasteiger partial charge on any atom is 0.220 e. The van der Waals surface area contributed by atoms with Crippen molar-refractivity contribution in [2.45, 2.75) is 64.7 Å². The van der Waals surface area contributed by atoms with E-state index < -0.39 is 0 Å². The number of carbonyl (C=O) groups excluding carboxylic acids is 1. The maximum atomic E-state index is 13.1. The molecule has 0 bridgehead atoms. The van der Waals surface area contributed by atoms with Crippen molar-refractivity contribution < 1.29 is 9.18 Å². The Bertz CT molecular complexity index is 820. The predicted octanol–water partition coefficient (Wildman–Crippen LogP) is 4.65. The van der Waals surface area contributed by atoms with Gasteiger partial charge in [0.1, 0.15) is 11.6 Å². The fourth-order valence-electron chi connectivity index (χ4n) is 4.08. The molecule has 182 valence electrons. The number of unbranched alkanes of at least 4 members (excludes halogenated alkanes) is 6. The molecule has 6 nitrogen and oxygen atoms in total. The number of halogens is 1. The molecule has 33 heavy (non-hydrogen) atoms. The Morgan fingerprint density at radius 2 is 1.73 bits per heavy atom. The van der Waals surface area contributed by atoms with Gasteiger partial charge in [0.05, 0.1) is 0 Å². The molecule has 1 saturated heterocycles. The van der Waals surface area contributed by atoms with Crippen molar-refractivity contribution in [2.24, 2.45) is 0 Å². The lowest BCUT2D eigenvalue weighted by Crippen LogP contribution is -2.48. The Labute approximate surface area is 201 Å². The zero-order valence-electron chi connectivity index (χ0n) is 19.9. The molecular weight excluding hydrogens is 437 g/mol. The van der Waals surface area contributed by atoms with E-state index in [2.05, 4.69) is 31.4 Å². The van der Waals surface area contributed by atoms with Gasteiger partial charge in [-0.15, -0.1) is 0 Å². The zero-order valence-corrected chi connectivity index (χ0v) is 20.7. The molecular formula is C25H38FN5OS. The fraction of sp³-hybridized carbons (Fsp3) is 0.640. The molecule has 1 aliphatic heterocycles. The number of aromatic nitrogens is 2. The van der Waals surface area contributed by atoms with E-state index in [9.17, 15) is 9.18 Å². The number of amides is 1. The highest BCUT2D eigenvalue weighted by Crippen LogP contribution is 2.20. The lowest BCUT2D eigenvalue weighted by atomic mass is 10.1. The summed E-state index contributed by atoms with van der Waals surface area (Å²) in [6.45, 7) is 7.59. The van der Waals surface area contributed by atoms with Crippen molar-refractivity contribution in [1.29, 1.82) is 0 Å². The van der Waals surface area contributed by atoms with Gasteiger partial charge in [0.25, 0.3) is 0 Å². The van der Waals surface area contributed by atoms with Crippen molar-refractivity contribution in [3.8, 4) is 0 Å². The van der Waals surface area contributed by atoms with Crippen molar-refractivity contribution in [1.82, 2.24) is 19.6 Å². The van der Waals surface area contributed by atoms with E-state index in [1.54, 1.807) is 12.1 Å². The van der Waals surface area contributed by atoms with Gasteiger partial charge in [-0.2, -0.15) is 4.37 Å². The number of hydrogen-bond donors (Lipinski definition) is 1. The van der Waals surface area contributed by atoms with Gasteiger partial charge in [-0.05, 0) is 24.1 Å². The highest BCUT2D eigenvalue weighted by Gasteiger charge is 2.20. The van der Waals surface area contributed by atoms with Crippen molar-refractivity contribution in [3.63, 3.8) is 0 Å². The first-order valence-corrected chi connectivity index (χ1v) is 13.2. The summed E-state index contributed by atoms with van der Waals surface area (Å²) in [5, 5.41) is 4.03. The lowest BCUT2D eigenvalue weighted by Gasteiger charge is -2.34. The van der Waals surface area contributed by atoms with Crippen LogP contribution in [-0.2, 0) is 11.2 Å². The first-order chi connectivity index (χ1) is 16.1. The minimum atomic E-state index is -0.226. The van der Waals surface area contributed by atoms with Crippen molar-refractivity contribution in [2.75, 3.05) is 44.2 Å². The quantitative estimate of drug-likeness (QED) is 0.403. The summed E-state index contributed by atoms with van der Waals surface area (Å²) in [6, 6.07) is 6.50. The number of piperazine rings is 1. The van der Waals surface area contributed by atoms with Gasteiger partial charge in [0.2, 0.25) is 11.0 Å². The van der Waals surface area contributed by atoms with E-state index in [0.29, 0.717) is 12.8 Å². The molecule has 1 fully saturated rings. The fourth-order valence-corrected chi connectivity index (χ4v) is 4.81. The molecule has 3 rings (SSSR count). The van der Waals surface area contributed by atoms with Gasteiger partial charge in [0.15, 0.2) is 0 Å². The second kappa shape index (κ2) is 14.3. The van der Waals surface area contributed by atoms with Gasteiger partial charge in [0, 0.05) is 63.6 Å². The summed E-state index contributed by atoms with van der Waals surface area (Å²) in [7, 11) is 0. The molecule has 0 unspecified atom stereocenters. The van der Waals surface area contributed by atoms with Crippen molar-refractivity contribution >= 4 is 22.6 Å². The van der Waals surface area contributed by atoms with Crippen LogP contribution in [0.2, 0.25) is 0 Å². The summed E-state index contributed by atoms with van der Waals surface area (Å²) in [5.41, 5.74) is 1.01. The number of benzene rings is 1. The Balaban J connectivity index is 1.26. The van der Waals surface area contributed by atoms with Crippen LogP contribution in [-0.4, -0.2) is 59.4 Å². The average Bonchev–Trinajstić information content (AvgIpc) is 3.29. The van der Waals surface area contributed by atoms with Crippen LogP contribution in [0.4, 0.5) is 9.52 Å². The summed E-state index contributed by atoms with van der Waals surface area (Å²) < 4.78 is 17.5. The number of nitrogens with zero attached hydrogens (tertiary/aromatic N) is 4. The maximum absolute atomic E-state index is 13.1. The molecule has 2 heterocycles. The topological polar surface area (TPSA) is 61.4 Å². The molecule has 0 atom stereocenters. The number of carbonyl (C=O) groups is 1. The van der Waals surface area contributed by atoms with Crippen LogP contribution in [0.1, 0.15) is 69.7 Å². The molecule has 0 saturated carbocycles. The third-order valence-corrected chi connectivity index (χ3v) is 6.95. The molecule has 8 heteroatoms. The molecule has 1 amide bonds. The monoisotopic (exact) mass is 475 g/mol. The van der Waals surface area contributed by atoms with E-state index in [1.807, 2.05) is 0 Å². The molecule has 0 aliphatic carbocycles. The van der Waals surface area contributed by atoms with E-state index in [1.165, 1.54) is 55.8 Å². The van der Waals surface area contributed by atoms with Crippen LogP contribution in [0.15, 0.2) is 24.3 Å². The van der Waals surface area contributed by atoms with Crippen LogP contribution in [0.3, 0.4) is 0 Å². The number of hydrogen-bond acceptors (Lipinski definition) is 6. The summed E-state index contributed by atoms with van der Waals surface area (Å²) >= 11 is 1.43. The predicted molar refractivity (Wildman–Crippen MR) is 133 cm³/mol. The molecule has 2 aromatic rings. The normalized spacial score (nSPS) is 14.5. The highest BCUT2D eigenvalue weighted by molar-refractivity contribution is 7.09. The third-order valence-electron chi connectivity index (χ3n) is 6.13. The van der Waals surface area contributed by atoms with E-state index in [0.717, 1.165) is 68.6 Å². The second-order valence-electron chi connectivity index (χ2n) is 8.85. The van der Waals surface area contributed by atoms with Gasteiger partial charge in [-0.3, -0.25) is 9.69 Å². The largest absolute Gasteiger partial charge is 0.355 e. The Morgan fingerprint density at radius 3 is 2.45 bits per heavy atom. The van der Waals surface area contributed by atoms with Gasteiger partial charge in [-0.25, -0.2) is 9.37 Å². The van der Waals surface area contributed by atoms with Gasteiger partial charge in [-0.1, -0.05) is 57.6 Å². The molecule has 1 N–H and O–H groups in total. The molecule has 1 aliphatic rings. The molecule has 1 aromatic heterocycles. The highest BCUT2D eigenvalue weighted by atomic mass is 32.1. The zero-order chi connectivity index (χ0) is 23.3. The van der Waals surface area contributed by atoms with Crippen LogP contribution >= 0.6 is 11.5 Å². The van der Waals surface area contributed by atoms with Crippen LogP contribution in [0, 0.1) is 5.82 Å². The van der Waals surface area contributed by atoms with Crippen LogP contribution < -0.4 is 10.2 Å². The summed E-state index contributed by atoms with van der Waals surface area (Å²) in [5.74, 6) is 0.744. The Hall–Kier alpha value is -2.06. The average molecular weight is 476 g/mol. The van der Waals surface area contributed by atoms with Gasteiger partial charge < -0.3 is 10.2 Å². The van der Waals surface area contributed by atoms with Gasteiger partial charge >= 0.3 is 0 Å². The number of anilines is 1. The van der Waals surface area contributed by atoms with Crippen LogP contribution in [0.5, 0.6) is 0 Å². The summed E-state index contributed by atoms with van der Waals surface area (Å²) in [4.78, 5) is 21.4. The van der Waals surface area contributed by atoms with Crippen LogP contribution in [0.25, 0.3) is 0 Å². The SMILES string of the molecule is CCCCCCCCCC(=O)NCCN1CCN(c2nc(Cc3ccc(F)cc3)ns2)CC1. The Morgan fingerprint density at radius 1 is 1.03 bits per heavy atom. The smallest absolute Gasteiger partial charge is 0.220 e. The number of rotatable bonds is 14. The molecule has 0 radical (unpaired) electrons. The second-order valence-corrected chi connectivity index (χ2v) is 9.58. The first-order valence-electron chi connectivity index (χ1n) is 12.4. The summed E-state index contributed by atoms with van der Waals surface area (Å²) in [6.07, 6.45) is 9.92. The minimum absolute atomic E-state index is 0.185.